The van der Waals surface area contributed by atoms with Crippen molar-refractivity contribution >= 4 is 35.8 Å². The van der Waals surface area contributed by atoms with Crippen molar-refractivity contribution in [2.75, 3.05) is 33.5 Å². The van der Waals surface area contributed by atoms with Gasteiger partial charge in [0, 0.05) is 12.8 Å². The minimum atomic E-state index is -1.33. The predicted octanol–water partition coefficient (Wildman–Crippen LogP) is 3.78. The highest BCUT2D eigenvalue weighted by Crippen LogP contribution is 2.13. The Labute approximate surface area is 238 Å². The molecule has 3 rings (SSSR count). The van der Waals surface area contributed by atoms with Crippen LogP contribution in [0.4, 0.5) is 0 Å². The molecule has 3 aromatic heterocycles. The standard InChI is InChI=1S/C25H22O15.C2H6/c1-33-21(28)15-6-7-17(39-15)23(30)35-11-3-13-37-25(32)19-9-8-18(40-19)24(31)36-12-2-10-34-22(29)16-5-4-14(38-16)20(26)27;1-2/h4-9H,2-3,10-13H2,1H3,(H,26,27);1-2H3. The number of rotatable bonds is 14. The number of hydrogen-bond acceptors (Lipinski definition) is 14. The van der Waals surface area contributed by atoms with Crippen LogP contribution >= 0.6 is 0 Å². The zero-order valence-corrected chi connectivity index (χ0v) is 22.9. The molecule has 0 unspecified atom stereocenters. The smallest absolute Gasteiger partial charge is 0.374 e. The lowest BCUT2D eigenvalue weighted by Gasteiger charge is -2.05. The van der Waals surface area contributed by atoms with Gasteiger partial charge in [0.2, 0.25) is 34.6 Å². The van der Waals surface area contributed by atoms with Crippen LogP contribution in [0.5, 0.6) is 0 Å². The van der Waals surface area contributed by atoms with Crippen LogP contribution in [0, 0.1) is 0 Å². The van der Waals surface area contributed by atoms with Crippen molar-refractivity contribution in [1.29, 1.82) is 0 Å². The lowest BCUT2D eigenvalue weighted by molar-refractivity contribution is 0.0350. The summed E-state index contributed by atoms with van der Waals surface area (Å²) >= 11 is 0. The first-order chi connectivity index (χ1) is 20.2. The molecule has 15 nitrogen and oxygen atoms in total. The molecule has 3 heterocycles. The Morgan fingerprint density at radius 3 is 1.05 bits per heavy atom. The second kappa shape index (κ2) is 16.7. The van der Waals surface area contributed by atoms with Crippen molar-refractivity contribution in [2.24, 2.45) is 0 Å². The van der Waals surface area contributed by atoms with Gasteiger partial charge in [0.25, 0.3) is 0 Å². The van der Waals surface area contributed by atoms with Gasteiger partial charge in [0.05, 0.1) is 33.5 Å². The molecule has 42 heavy (non-hydrogen) atoms. The number of carboxylic acids is 1. The van der Waals surface area contributed by atoms with Crippen LogP contribution in [-0.4, -0.2) is 74.5 Å². The van der Waals surface area contributed by atoms with Gasteiger partial charge in [-0.15, -0.1) is 0 Å². The monoisotopic (exact) mass is 592 g/mol. The molecule has 0 atom stereocenters. The van der Waals surface area contributed by atoms with Gasteiger partial charge in [0.15, 0.2) is 0 Å². The Bertz CT molecular complexity index is 1370. The first-order valence-corrected chi connectivity index (χ1v) is 12.5. The van der Waals surface area contributed by atoms with E-state index in [1.807, 2.05) is 13.8 Å². The summed E-state index contributed by atoms with van der Waals surface area (Å²) in [6.07, 6.45) is 0.263. The van der Waals surface area contributed by atoms with Gasteiger partial charge in [-0.2, -0.15) is 0 Å². The van der Waals surface area contributed by atoms with Gasteiger partial charge in [-0.1, -0.05) is 13.8 Å². The number of furan rings is 3. The van der Waals surface area contributed by atoms with E-state index in [0.29, 0.717) is 0 Å². The summed E-state index contributed by atoms with van der Waals surface area (Å²) in [5.41, 5.74) is 0. The number of carbonyl (C=O) groups is 6. The van der Waals surface area contributed by atoms with Crippen LogP contribution in [0.3, 0.4) is 0 Å². The highest BCUT2D eigenvalue weighted by Gasteiger charge is 2.20. The van der Waals surface area contributed by atoms with Crippen LogP contribution in [0.2, 0.25) is 0 Å². The van der Waals surface area contributed by atoms with E-state index in [-0.39, 0.29) is 68.1 Å². The minimum Gasteiger partial charge on any atom is -0.475 e. The molecule has 0 spiro atoms. The summed E-state index contributed by atoms with van der Waals surface area (Å²) in [7, 11) is 1.16. The summed E-state index contributed by atoms with van der Waals surface area (Å²) in [5, 5.41) is 8.77. The van der Waals surface area contributed by atoms with Crippen LogP contribution in [0.25, 0.3) is 0 Å². The van der Waals surface area contributed by atoms with E-state index in [9.17, 15) is 28.8 Å². The molecule has 0 fully saturated rings. The van der Waals surface area contributed by atoms with Gasteiger partial charge in [-0.25, -0.2) is 28.8 Å². The second-order valence-electron chi connectivity index (χ2n) is 7.54. The van der Waals surface area contributed by atoms with E-state index in [4.69, 9.17) is 37.3 Å². The molecule has 3 aromatic rings. The van der Waals surface area contributed by atoms with Crippen molar-refractivity contribution in [3.8, 4) is 0 Å². The molecule has 0 saturated carbocycles. The molecular formula is C27H28O15. The number of ether oxygens (including phenoxy) is 5. The quantitative estimate of drug-likeness (QED) is 0.160. The molecule has 1 N–H and O–H groups in total. The fourth-order valence-electron chi connectivity index (χ4n) is 2.84. The topological polar surface area (TPSA) is 208 Å². The fourth-order valence-corrected chi connectivity index (χ4v) is 2.84. The van der Waals surface area contributed by atoms with Crippen molar-refractivity contribution < 1.29 is 70.8 Å². The number of esters is 5. The van der Waals surface area contributed by atoms with Crippen molar-refractivity contribution in [3.63, 3.8) is 0 Å². The lowest BCUT2D eigenvalue weighted by atomic mass is 10.4. The maximum atomic E-state index is 12.1. The fraction of sp³-hybridized carbons (Fsp3) is 0.333. The molecular weight excluding hydrogens is 564 g/mol. The van der Waals surface area contributed by atoms with E-state index in [1.54, 1.807) is 0 Å². The molecule has 0 aliphatic rings. The summed E-state index contributed by atoms with van der Waals surface area (Å²) in [4.78, 5) is 69.9. The summed E-state index contributed by atoms with van der Waals surface area (Å²) < 4.78 is 39.3. The van der Waals surface area contributed by atoms with Crippen LogP contribution in [0.15, 0.2) is 49.6 Å². The third kappa shape index (κ3) is 9.69. The SMILES string of the molecule is CC.COC(=O)c1ccc(C(=O)OCCCOC(=O)c2ccc(C(=O)OCCCOC(=O)c3ccc(C(=O)O)o3)o2)o1. The molecule has 0 bridgehead atoms. The Morgan fingerprint density at radius 2 is 0.786 bits per heavy atom. The van der Waals surface area contributed by atoms with E-state index in [1.165, 1.54) is 24.3 Å². The molecule has 0 saturated heterocycles. The maximum absolute atomic E-state index is 12.1. The maximum Gasteiger partial charge on any atom is 0.374 e. The average molecular weight is 593 g/mol. The first-order valence-electron chi connectivity index (χ1n) is 12.5. The van der Waals surface area contributed by atoms with E-state index < -0.39 is 41.6 Å². The first kappa shape index (κ1) is 32.9. The van der Waals surface area contributed by atoms with Crippen LogP contribution in [0.1, 0.15) is 90.0 Å². The summed E-state index contributed by atoms with van der Waals surface area (Å²) in [6, 6.07) is 7.21. The van der Waals surface area contributed by atoms with Gasteiger partial charge < -0.3 is 42.0 Å². The van der Waals surface area contributed by atoms with Gasteiger partial charge >= 0.3 is 35.8 Å². The van der Waals surface area contributed by atoms with E-state index in [0.717, 1.165) is 19.2 Å². The molecule has 226 valence electrons. The Hall–Kier alpha value is -5.34. The lowest BCUT2D eigenvalue weighted by Crippen LogP contribution is -2.11. The zero-order valence-electron chi connectivity index (χ0n) is 22.9. The van der Waals surface area contributed by atoms with Gasteiger partial charge in [-0.05, 0) is 36.4 Å². The largest absolute Gasteiger partial charge is 0.475 e. The summed E-state index contributed by atoms with van der Waals surface area (Å²) in [5.74, 6) is -7.08. The number of hydrogen-bond donors (Lipinski definition) is 1. The molecule has 0 amide bonds. The van der Waals surface area contributed by atoms with Crippen LogP contribution in [-0.2, 0) is 23.7 Å². The highest BCUT2D eigenvalue weighted by atomic mass is 16.6. The van der Waals surface area contributed by atoms with Crippen LogP contribution < -0.4 is 0 Å². The molecule has 0 radical (unpaired) electrons. The van der Waals surface area contributed by atoms with Crippen molar-refractivity contribution in [2.45, 2.75) is 26.7 Å². The van der Waals surface area contributed by atoms with Gasteiger partial charge in [0.1, 0.15) is 0 Å². The Balaban J connectivity index is 0.00000301. The molecule has 0 aliphatic carbocycles. The second-order valence-corrected chi connectivity index (χ2v) is 7.54. The highest BCUT2D eigenvalue weighted by molar-refractivity contribution is 5.92. The summed E-state index contributed by atoms with van der Waals surface area (Å²) in [6.45, 7) is 3.46. The number of carbonyl (C=O) groups excluding carboxylic acids is 5. The van der Waals surface area contributed by atoms with Crippen molar-refractivity contribution in [1.82, 2.24) is 0 Å². The minimum absolute atomic E-state index is 0.115. The van der Waals surface area contributed by atoms with E-state index in [2.05, 4.69) is 4.74 Å². The van der Waals surface area contributed by atoms with E-state index >= 15 is 0 Å². The Kier molecular flexibility index (Phi) is 13.1. The molecule has 0 aromatic carbocycles. The van der Waals surface area contributed by atoms with Crippen molar-refractivity contribution in [3.05, 3.63) is 71.0 Å². The third-order valence-corrected chi connectivity index (χ3v) is 4.73. The number of aromatic carboxylic acids is 1. The third-order valence-electron chi connectivity index (χ3n) is 4.73. The Morgan fingerprint density at radius 1 is 0.524 bits per heavy atom. The van der Waals surface area contributed by atoms with Gasteiger partial charge in [-0.3, -0.25) is 0 Å². The number of carboxylic acid groups (broad SMARTS) is 1. The zero-order chi connectivity index (χ0) is 31.1. The molecule has 15 heteroatoms. The number of methoxy groups -OCH3 is 1. The normalized spacial score (nSPS) is 10.1. The predicted molar refractivity (Wildman–Crippen MR) is 136 cm³/mol. The molecule has 0 aliphatic heterocycles. The average Bonchev–Trinajstić information content (AvgIpc) is 3.78.